The van der Waals surface area contributed by atoms with E-state index in [1.54, 1.807) is 0 Å². The van der Waals surface area contributed by atoms with Crippen LogP contribution in [0.2, 0.25) is 5.02 Å². The van der Waals surface area contributed by atoms with E-state index in [-0.39, 0.29) is 33.0 Å². The molecule has 0 saturated carbocycles. The number of alkyl halides is 3. The summed E-state index contributed by atoms with van der Waals surface area (Å²) in [6.45, 7) is 0. The zero-order valence-corrected chi connectivity index (χ0v) is 17.5. The van der Waals surface area contributed by atoms with Crippen LogP contribution in [-0.4, -0.2) is 24.1 Å². The summed E-state index contributed by atoms with van der Waals surface area (Å²) >= 11 is 6.25. The molecule has 4 N–H and O–H groups in total. The number of amides is 1. The molecule has 0 aliphatic rings. The molecule has 3 rings (SSSR count). The maximum Gasteiger partial charge on any atom is 0.419 e. The third-order valence-electron chi connectivity index (χ3n) is 4.39. The summed E-state index contributed by atoms with van der Waals surface area (Å²) in [5.41, 5.74) is 3.89. The molecular formula is C19H13ClF3N5O3S. The van der Waals surface area contributed by atoms with Crippen LogP contribution in [0.25, 0.3) is 16.8 Å². The van der Waals surface area contributed by atoms with Crippen LogP contribution in [0, 0.1) is 11.3 Å². The Hall–Kier alpha value is -3.40. The Morgan fingerprint density at radius 1 is 1.25 bits per heavy atom. The van der Waals surface area contributed by atoms with E-state index in [1.807, 2.05) is 6.07 Å². The van der Waals surface area contributed by atoms with Gasteiger partial charge in [0, 0.05) is 22.3 Å². The van der Waals surface area contributed by atoms with Crippen LogP contribution in [0.15, 0.2) is 47.6 Å². The van der Waals surface area contributed by atoms with Crippen molar-refractivity contribution >= 4 is 27.5 Å². The van der Waals surface area contributed by atoms with Gasteiger partial charge in [-0.05, 0) is 29.8 Å². The third-order valence-corrected chi connectivity index (χ3v) is 5.71. The molecule has 3 aromatic rings. The number of primary amides is 1. The van der Waals surface area contributed by atoms with Gasteiger partial charge in [0.15, 0.2) is 0 Å². The van der Waals surface area contributed by atoms with Crippen molar-refractivity contribution in [1.29, 1.82) is 5.26 Å². The zero-order chi connectivity index (χ0) is 23.8. The van der Waals surface area contributed by atoms with Gasteiger partial charge in [0.1, 0.15) is 4.90 Å². The molecule has 8 nitrogen and oxygen atoms in total. The van der Waals surface area contributed by atoms with Crippen LogP contribution in [0.5, 0.6) is 0 Å². The van der Waals surface area contributed by atoms with Gasteiger partial charge < -0.3 is 5.73 Å². The normalized spacial score (nSPS) is 11.9. The van der Waals surface area contributed by atoms with Crippen LogP contribution < -0.4 is 10.9 Å². The molecule has 166 valence electrons. The highest BCUT2D eigenvalue weighted by molar-refractivity contribution is 7.89. The number of primary sulfonamides is 1. The van der Waals surface area contributed by atoms with E-state index in [1.165, 1.54) is 24.3 Å². The second-order valence-corrected chi connectivity index (χ2v) is 8.52. The highest BCUT2D eigenvalue weighted by Crippen LogP contribution is 2.39. The Morgan fingerprint density at radius 3 is 2.47 bits per heavy atom. The molecule has 0 bridgehead atoms. The number of carbonyl (C=O) groups excluding carboxylic acids is 1. The first-order valence-electron chi connectivity index (χ1n) is 8.62. The van der Waals surface area contributed by atoms with E-state index < -0.39 is 39.0 Å². The predicted octanol–water partition coefficient (Wildman–Crippen LogP) is 2.76. The van der Waals surface area contributed by atoms with Gasteiger partial charge in [-0.25, -0.2) is 18.2 Å². The summed E-state index contributed by atoms with van der Waals surface area (Å²) in [5.74, 6) is -0.814. The van der Waals surface area contributed by atoms with Gasteiger partial charge in [0.25, 0.3) is 0 Å². The average Bonchev–Trinajstić information content (AvgIpc) is 3.17. The van der Waals surface area contributed by atoms with Crippen molar-refractivity contribution in [1.82, 2.24) is 9.78 Å². The third kappa shape index (κ3) is 4.59. The first-order valence-corrected chi connectivity index (χ1v) is 10.5. The van der Waals surface area contributed by atoms with Crippen molar-refractivity contribution in [3.63, 3.8) is 0 Å². The van der Waals surface area contributed by atoms with Gasteiger partial charge in [0.2, 0.25) is 15.9 Å². The molecule has 13 heteroatoms. The minimum Gasteiger partial charge on any atom is -0.369 e. The number of nitrogens with two attached hydrogens (primary N) is 2. The van der Waals surface area contributed by atoms with Crippen LogP contribution in [0.3, 0.4) is 0 Å². The van der Waals surface area contributed by atoms with Crippen molar-refractivity contribution in [2.24, 2.45) is 10.9 Å². The highest BCUT2D eigenvalue weighted by atomic mass is 35.5. The lowest BCUT2D eigenvalue weighted by Gasteiger charge is -2.18. The Balaban J connectivity index is 2.45. The molecule has 32 heavy (non-hydrogen) atoms. The number of rotatable bonds is 5. The maximum atomic E-state index is 13.0. The van der Waals surface area contributed by atoms with Crippen molar-refractivity contribution in [3.05, 3.63) is 64.4 Å². The molecule has 0 aliphatic heterocycles. The molecule has 1 amide bonds. The largest absolute Gasteiger partial charge is 0.419 e. The second kappa shape index (κ2) is 8.27. The number of benzene rings is 2. The standard InChI is InChI=1S/C19H13ClF3N5O3S/c20-14-3-1-10(7-24)5-13(14)17-11(6-16(25)29)2-4-15(18(17)32(26,30)31)28-9-12(8-27-28)19(21,22)23/h1-5,8-9H,6H2,(H2,25,29)(H2,26,30,31). The lowest BCUT2D eigenvalue weighted by molar-refractivity contribution is -0.137. The molecular weight excluding hydrogens is 471 g/mol. The molecule has 2 aromatic carbocycles. The van der Waals surface area contributed by atoms with Gasteiger partial charge in [0.05, 0.1) is 35.5 Å². The molecule has 0 saturated heterocycles. The minimum atomic E-state index is -4.72. The number of carbonyl (C=O) groups is 1. The fourth-order valence-electron chi connectivity index (χ4n) is 3.10. The Bertz CT molecular complexity index is 1380. The number of nitrogens with zero attached hydrogens (tertiary/aromatic N) is 3. The second-order valence-electron chi connectivity index (χ2n) is 6.61. The van der Waals surface area contributed by atoms with E-state index in [0.717, 1.165) is 6.07 Å². The van der Waals surface area contributed by atoms with Crippen molar-refractivity contribution in [2.45, 2.75) is 17.5 Å². The minimum absolute atomic E-state index is 0.00761. The fourth-order valence-corrected chi connectivity index (χ4v) is 4.29. The van der Waals surface area contributed by atoms with Crippen molar-refractivity contribution in [3.8, 4) is 22.9 Å². The molecule has 0 atom stereocenters. The van der Waals surface area contributed by atoms with Crippen LogP contribution in [-0.2, 0) is 27.4 Å². The van der Waals surface area contributed by atoms with Crippen LogP contribution in [0.4, 0.5) is 13.2 Å². The van der Waals surface area contributed by atoms with Crippen molar-refractivity contribution in [2.75, 3.05) is 0 Å². The summed E-state index contributed by atoms with van der Waals surface area (Å²) < 4.78 is 65.1. The van der Waals surface area contributed by atoms with Gasteiger partial charge in [-0.3, -0.25) is 4.79 Å². The van der Waals surface area contributed by atoms with E-state index in [2.05, 4.69) is 5.10 Å². The lowest BCUT2D eigenvalue weighted by atomic mass is 9.95. The van der Waals surface area contributed by atoms with Crippen molar-refractivity contribution < 1.29 is 26.4 Å². The Morgan fingerprint density at radius 2 is 1.94 bits per heavy atom. The summed E-state index contributed by atoms with van der Waals surface area (Å²) in [6.07, 6.45) is -4.04. The summed E-state index contributed by atoms with van der Waals surface area (Å²) in [7, 11) is -4.62. The first-order chi connectivity index (χ1) is 14.8. The molecule has 0 unspecified atom stereocenters. The van der Waals surface area contributed by atoms with E-state index in [4.69, 9.17) is 22.5 Å². The van der Waals surface area contributed by atoms with E-state index >= 15 is 0 Å². The monoisotopic (exact) mass is 483 g/mol. The van der Waals surface area contributed by atoms with Crippen LogP contribution >= 0.6 is 11.6 Å². The zero-order valence-electron chi connectivity index (χ0n) is 15.9. The number of nitriles is 1. The lowest BCUT2D eigenvalue weighted by Crippen LogP contribution is -2.20. The van der Waals surface area contributed by atoms with Gasteiger partial charge >= 0.3 is 6.18 Å². The van der Waals surface area contributed by atoms with E-state index in [9.17, 15) is 31.6 Å². The van der Waals surface area contributed by atoms with Gasteiger partial charge in [-0.2, -0.15) is 23.5 Å². The first kappa shape index (κ1) is 23.3. The average molecular weight is 484 g/mol. The highest BCUT2D eigenvalue weighted by Gasteiger charge is 2.33. The maximum absolute atomic E-state index is 13.0. The molecule has 0 fully saturated rings. The molecule has 1 heterocycles. The Labute approximate surface area is 184 Å². The molecule has 1 aromatic heterocycles. The smallest absolute Gasteiger partial charge is 0.369 e. The number of sulfonamides is 1. The summed E-state index contributed by atoms with van der Waals surface area (Å²) in [6, 6.07) is 8.30. The number of aromatic nitrogens is 2. The molecule has 0 radical (unpaired) electrons. The van der Waals surface area contributed by atoms with Gasteiger partial charge in [-0.1, -0.05) is 17.7 Å². The molecule has 0 aliphatic carbocycles. The molecule has 0 spiro atoms. The number of hydrogen-bond acceptors (Lipinski definition) is 5. The van der Waals surface area contributed by atoms with Crippen LogP contribution in [0.1, 0.15) is 16.7 Å². The number of hydrogen-bond donors (Lipinski definition) is 2. The summed E-state index contributed by atoms with van der Waals surface area (Å²) in [5, 5.41) is 18.3. The Kier molecular flexibility index (Phi) is 6.01. The quantitative estimate of drug-likeness (QED) is 0.573. The summed E-state index contributed by atoms with van der Waals surface area (Å²) in [4.78, 5) is 11.0. The van der Waals surface area contributed by atoms with E-state index in [0.29, 0.717) is 17.1 Å². The SMILES string of the molecule is N#Cc1ccc(Cl)c(-c2c(CC(N)=O)ccc(-n3cc(C(F)(F)F)cn3)c2S(N)(=O)=O)c1. The predicted molar refractivity (Wildman–Crippen MR) is 108 cm³/mol. The topological polar surface area (TPSA) is 145 Å². The fraction of sp³-hybridized carbons (Fsp3) is 0.105. The van der Waals surface area contributed by atoms with Gasteiger partial charge in [-0.15, -0.1) is 0 Å². The number of halogens is 4.